The van der Waals surface area contributed by atoms with E-state index in [0.717, 1.165) is 26.2 Å². The average molecular weight is 272 g/mol. The molecule has 0 spiro atoms. The molecule has 2 rings (SSSR count). The van der Waals surface area contributed by atoms with Crippen LogP contribution in [0.4, 0.5) is 5.69 Å². The van der Waals surface area contributed by atoms with E-state index < -0.39 is 5.91 Å². The third-order valence-corrected chi connectivity index (χ3v) is 2.95. The molecule has 104 valence electrons. The van der Waals surface area contributed by atoms with Crippen LogP contribution in [0, 0.1) is 11.3 Å². The van der Waals surface area contributed by atoms with Gasteiger partial charge in [0.15, 0.2) is 0 Å². The van der Waals surface area contributed by atoms with Crippen molar-refractivity contribution >= 4 is 11.6 Å². The number of carbonyl (C=O) groups is 1. The van der Waals surface area contributed by atoms with Crippen LogP contribution in [0.5, 0.6) is 5.75 Å². The lowest BCUT2D eigenvalue weighted by atomic mass is 10.2. The molecule has 6 heteroatoms. The topological polar surface area (TPSA) is 88.4 Å². The summed E-state index contributed by atoms with van der Waals surface area (Å²) in [5, 5.41) is 24.1. The Labute approximate surface area is 117 Å². The van der Waals surface area contributed by atoms with Crippen molar-refractivity contribution in [1.82, 2.24) is 10.2 Å². The Morgan fingerprint density at radius 2 is 2.00 bits per heavy atom. The van der Waals surface area contributed by atoms with Gasteiger partial charge in [-0.15, -0.1) is 0 Å². The zero-order chi connectivity index (χ0) is 14.4. The smallest absolute Gasteiger partial charge is 0.267 e. The molecule has 0 aliphatic carbocycles. The van der Waals surface area contributed by atoms with Crippen LogP contribution >= 0.6 is 0 Å². The summed E-state index contributed by atoms with van der Waals surface area (Å²) in [4.78, 5) is 13.9. The van der Waals surface area contributed by atoms with Gasteiger partial charge in [0.25, 0.3) is 5.91 Å². The van der Waals surface area contributed by atoms with Gasteiger partial charge in [-0.1, -0.05) is 0 Å². The minimum absolute atomic E-state index is 0.0694. The number of nitrogens with zero attached hydrogens (tertiary/aromatic N) is 2. The van der Waals surface area contributed by atoms with E-state index in [2.05, 4.69) is 10.6 Å². The Morgan fingerprint density at radius 3 is 2.60 bits per heavy atom. The van der Waals surface area contributed by atoms with Crippen molar-refractivity contribution in [3.8, 4) is 11.8 Å². The number of phenolic OH excluding ortho intramolecular Hbond substituents is 1. The first-order chi connectivity index (χ1) is 9.69. The molecule has 1 aliphatic rings. The number of carbonyl (C=O) groups excluding carboxylic acids is 1. The molecule has 1 amide bonds. The maximum absolute atomic E-state index is 12.0. The Morgan fingerprint density at radius 1 is 1.35 bits per heavy atom. The highest BCUT2D eigenvalue weighted by Gasteiger charge is 2.13. The molecule has 1 fully saturated rings. The normalized spacial score (nSPS) is 15.6. The molecule has 0 unspecified atom stereocenters. The van der Waals surface area contributed by atoms with Gasteiger partial charge >= 0.3 is 0 Å². The fraction of sp³-hybridized carbons (Fsp3) is 0.286. The largest absolute Gasteiger partial charge is 0.508 e. The summed E-state index contributed by atoms with van der Waals surface area (Å²) < 4.78 is 0. The number of nitriles is 1. The van der Waals surface area contributed by atoms with Gasteiger partial charge in [0.1, 0.15) is 17.4 Å². The molecule has 1 heterocycles. The predicted molar refractivity (Wildman–Crippen MR) is 74.9 cm³/mol. The van der Waals surface area contributed by atoms with Crippen LogP contribution in [0.2, 0.25) is 0 Å². The molecule has 0 radical (unpaired) electrons. The number of hydrogen-bond donors (Lipinski definition) is 3. The molecule has 3 N–H and O–H groups in total. The van der Waals surface area contributed by atoms with Crippen LogP contribution < -0.4 is 10.6 Å². The molecule has 1 saturated heterocycles. The van der Waals surface area contributed by atoms with E-state index in [9.17, 15) is 9.90 Å². The lowest BCUT2D eigenvalue weighted by Crippen LogP contribution is -2.41. The standard InChI is InChI=1S/C14H16N4O2/c15-9-11(10-18-7-5-16-6-8-18)14(20)17-12-1-3-13(19)4-2-12/h1-4,10,16,19H,5-8H2,(H,17,20)/b11-10-. The SMILES string of the molecule is N#C/C(=C/N1CCNCC1)C(=O)Nc1ccc(O)cc1. The summed E-state index contributed by atoms with van der Waals surface area (Å²) in [6, 6.07) is 8.02. The minimum atomic E-state index is -0.447. The molecule has 1 aliphatic heterocycles. The Bertz CT molecular complexity index is 539. The minimum Gasteiger partial charge on any atom is -0.508 e. The van der Waals surface area contributed by atoms with Crippen molar-refractivity contribution in [3.63, 3.8) is 0 Å². The van der Waals surface area contributed by atoms with E-state index in [1.54, 1.807) is 18.3 Å². The predicted octanol–water partition coefficient (Wildman–Crippen LogP) is 0.643. The number of piperazine rings is 1. The highest BCUT2D eigenvalue weighted by Crippen LogP contribution is 2.14. The molecule has 0 atom stereocenters. The molecule has 1 aromatic rings. The number of amides is 1. The van der Waals surface area contributed by atoms with Crippen molar-refractivity contribution in [2.75, 3.05) is 31.5 Å². The summed E-state index contributed by atoms with van der Waals surface area (Å²) >= 11 is 0. The van der Waals surface area contributed by atoms with Gasteiger partial charge < -0.3 is 20.6 Å². The van der Waals surface area contributed by atoms with Crippen molar-refractivity contribution in [2.45, 2.75) is 0 Å². The monoisotopic (exact) mass is 272 g/mol. The van der Waals surface area contributed by atoms with E-state index in [1.165, 1.54) is 12.1 Å². The summed E-state index contributed by atoms with van der Waals surface area (Å²) in [6.45, 7) is 3.24. The van der Waals surface area contributed by atoms with Gasteiger partial charge in [-0.2, -0.15) is 5.26 Å². The van der Waals surface area contributed by atoms with Crippen LogP contribution in [0.3, 0.4) is 0 Å². The van der Waals surface area contributed by atoms with Crippen LogP contribution in [0.1, 0.15) is 0 Å². The van der Waals surface area contributed by atoms with Crippen LogP contribution in [-0.2, 0) is 4.79 Å². The van der Waals surface area contributed by atoms with Crippen molar-refractivity contribution in [3.05, 3.63) is 36.0 Å². The van der Waals surface area contributed by atoms with E-state index in [4.69, 9.17) is 5.26 Å². The lowest BCUT2D eigenvalue weighted by molar-refractivity contribution is -0.112. The zero-order valence-electron chi connectivity index (χ0n) is 11.0. The van der Waals surface area contributed by atoms with Gasteiger partial charge in [0.05, 0.1) is 0 Å². The molecular weight excluding hydrogens is 256 g/mol. The number of aromatic hydroxyl groups is 1. The first-order valence-electron chi connectivity index (χ1n) is 6.36. The Kier molecular flexibility index (Phi) is 4.58. The highest BCUT2D eigenvalue weighted by atomic mass is 16.3. The van der Waals surface area contributed by atoms with E-state index >= 15 is 0 Å². The maximum atomic E-state index is 12.0. The molecule has 0 saturated carbocycles. The summed E-state index contributed by atoms with van der Waals surface area (Å²) in [5.41, 5.74) is 0.606. The summed E-state index contributed by atoms with van der Waals surface area (Å²) in [6.07, 6.45) is 1.59. The van der Waals surface area contributed by atoms with Crippen LogP contribution in [0.15, 0.2) is 36.0 Å². The third-order valence-electron chi connectivity index (χ3n) is 2.95. The molecule has 0 bridgehead atoms. The third kappa shape index (κ3) is 3.73. The number of rotatable bonds is 3. The van der Waals surface area contributed by atoms with Crippen LogP contribution in [-0.4, -0.2) is 42.1 Å². The fourth-order valence-electron chi connectivity index (χ4n) is 1.88. The van der Waals surface area contributed by atoms with E-state index in [1.807, 2.05) is 11.0 Å². The van der Waals surface area contributed by atoms with Crippen LogP contribution in [0.25, 0.3) is 0 Å². The number of anilines is 1. The van der Waals surface area contributed by atoms with Crippen molar-refractivity contribution < 1.29 is 9.90 Å². The van der Waals surface area contributed by atoms with Gasteiger partial charge in [-0.05, 0) is 24.3 Å². The number of phenols is 1. The van der Waals surface area contributed by atoms with E-state index in [0.29, 0.717) is 5.69 Å². The molecule has 0 aromatic heterocycles. The highest BCUT2D eigenvalue weighted by molar-refractivity contribution is 6.06. The second-order valence-corrected chi connectivity index (χ2v) is 4.44. The van der Waals surface area contributed by atoms with Gasteiger partial charge in [-0.25, -0.2) is 0 Å². The van der Waals surface area contributed by atoms with Gasteiger partial charge in [-0.3, -0.25) is 4.79 Å². The molecule has 20 heavy (non-hydrogen) atoms. The average Bonchev–Trinajstić information content (AvgIpc) is 2.48. The molecule has 1 aromatic carbocycles. The van der Waals surface area contributed by atoms with Crippen molar-refractivity contribution in [2.24, 2.45) is 0 Å². The second kappa shape index (κ2) is 6.59. The summed E-state index contributed by atoms with van der Waals surface area (Å²) in [7, 11) is 0. The Balaban J connectivity index is 2.03. The first kappa shape index (κ1) is 13.9. The quantitative estimate of drug-likeness (QED) is 0.427. The first-order valence-corrected chi connectivity index (χ1v) is 6.36. The maximum Gasteiger partial charge on any atom is 0.267 e. The number of benzene rings is 1. The molecular formula is C14H16N4O2. The van der Waals surface area contributed by atoms with Gasteiger partial charge in [0.2, 0.25) is 0 Å². The van der Waals surface area contributed by atoms with E-state index in [-0.39, 0.29) is 11.3 Å². The lowest BCUT2D eigenvalue weighted by Gasteiger charge is -2.26. The number of nitrogens with one attached hydrogen (secondary N) is 2. The second-order valence-electron chi connectivity index (χ2n) is 4.44. The Hall–Kier alpha value is -2.52. The zero-order valence-corrected chi connectivity index (χ0v) is 11.0. The molecule has 6 nitrogen and oxygen atoms in total. The van der Waals surface area contributed by atoms with Crippen molar-refractivity contribution in [1.29, 1.82) is 5.26 Å². The summed E-state index contributed by atoms with van der Waals surface area (Å²) in [5.74, 6) is -0.323. The number of hydrogen-bond acceptors (Lipinski definition) is 5. The fourth-order valence-corrected chi connectivity index (χ4v) is 1.88. The van der Waals surface area contributed by atoms with Gasteiger partial charge in [0, 0.05) is 38.1 Å².